The maximum absolute atomic E-state index is 9.81. The number of nitrogens with one attached hydrogen (secondary N) is 1. The molecule has 0 aromatic carbocycles. The molecule has 0 aromatic heterocycles. The summed E-state index contributed by atoms with van der Waals surface area (Å²) in [6, 6.07) is 0. The minimum absolute atomic E-state index is 0.0621. The van der Waals surface area contributed by atoms with Crippen LogP contribution < -0.4 is 5.32 Å². The van der Waals surface area contributed by atoms with Crippen LogP contribution in [0.3, 0.4) is 0 Å². The van der Waals surface area contributed by atoms with Gasteiger partial charge in [0.15, 0.2) is 0 Å². The lowest BCUT2D eigenvalue weighted by Crippen LogP contribution is -2.21. The first-order chi connectivity index (χ1) is 5.38. The van der Waals surface area contributed by atoms with E-state index >= 15 is 0 Å². The van der Waals surface area contributed by atoms with Gasteiger partial charge in [-0.05, 0) is 49.6 Å². The average Bonchev–Trinajstić information content (AvgIpc) is 2.61. The van der Waals surface area contributed by atoms with Gasteiger partial charge in [0.1, 0.15) is 0 Å². The Kier molecular flexibility index (Phi) is 1.16. The highest BCUT2D eigenvalue weighted by Crippen LogP contribution is 2.53. The Morgan fingerprint density at radius 3 is 2.00 bits per heavy atom. The lowest BCUT2D eigenvalue weighted by Gasteiger charge is -2.21. The highest BCUT2D eigenvalue weighted by atomic mass is 16.3. The van der Waals surface area contributed by atoms with E-state index in [4.69, 9.17) is 0 Å². The Balaban J connectivity index is 1.94. The molecule has 1 saturated heterocycles. The zero-order chi connectivity index (χ0) is 7.42. The maximum atomic E-state index is 9.81. The molecule has 3 aliphatic rings. The van der Waals surface area contributed by atoms with Gasteiger partial charge in [-0.2, -0.15) is 0 Å². The van der Waals surface area contributed by atoms with Crippen molar-refractivity contribution in [2.75, 3.05) is 13.1 Å². The van der Waals surface area contributed by atoms with Crippen molar-refractivity contribution in [1.82, 2.24) is 5.32 Å². The van der Waals surface area contributed by atoms with Gasteiger partial charge in [0.25, 0.3) is 0 Å². The number of aliphatic hydroxyl groups is 1. The van der Waals surface area contributed by atoms with Crippen LogP contribution in [0, 0.1) is 23.7 Å². The number of hydrogen-bond acceptors (Lipinski definition) is 2. The Morgan fingerprint density at radius 1 is 0.909 bits per heavy atom. The number of hydrogen-bond donors (Lipinski definition) is 2. The van der Waals surface area contributed by atoms with Gasteiger partial charge in [0.05, 0.1) is 6.10 Å². The molecule has 2 N–H and O–H groups in total. The van der Waals surface area contributed by atoms with Crippen molar-refractivity contribution in [1.29, 1.82) is 0 Å². The summed E-state index contributed by atoms with van der Waals surface area (Å²) in [5.41, 5.74) is 0. The van der Waals surface area contributed by atoms with Crippen molar-refractivity contribution >= 4 is 0 Å². The Labute approximate surface area is 67.0 Å². The fourth-order valence-corrected chi connectivity index (χ4v) is 3.64. The van der Waals surface area contributed by atoms with E-state index in [0.29, 0.717) is 11.8 Å². The zero-order valence-corrected chi connectivity index (χ0v) is 6.66. The smallest absolute Gasteiger partial charge is 0.0603 e. The molecule has 3 rings (SSSR count). The summed E-state index contributed by atoms with van der Waals surface area (Å²) < 4.78 is 0. The van der Waals surface area contributed by atoms with E-state index in [2.05, 4.69) is 5.32 Å². The van der Waals surface area contributed by atoms with Crippen LogP contribution in [0.2, 0.25) is 0 Å². The molecule has 2 heteroatoms. The minimum Gasteiger partial charge on any atom is -0.393 e. The third-order valence-corrected chi connectivity index (χ3v) is 4.12. The first kappa shape index (κ1) is 6.44. The van der Waals surface area contributed by atoms with Gasteiger partial charge in [-0.1, -0.05) is 0 Å². The topological polar surface area (TPSA) is 32.3 Å². The predicted molar refractivity (Wildman–Crippen MR) is 42.1 cm³/mol. The van der Waals surface area contributed by atoms with E-state index in [0.717, 1.165) is 11.8 Å². The van der Waals surface area contributed by atoms with Crippen LogP contribution >= 0.6 is 0 Å². The molecule has 3 fully saturated rings. The molecule has 2 saturated carbocycles. The SMILES string of the molecule is OC1C2CCC1C1CNCC21. The first-order valence-electron chi connectivity index (χ1n) is 4.76. The molecule has 1 aliphatic heterocycles. The second-order valence-electron chi connectivity index (χ2n) is 4.38. The summed E-state index contributed by atoms with van der Waals surface area (Å²) in [6.07, 6.45) is 2.63. The molecule has 0 radical (unpaired) electrons. The number of aliphatic hydroxyl groups excluding tert-OH is 1. The third-order valence-electron chi connectivity index (χ3n) is 4.12. The molecular weight excluding hydrogens is 138 g/mol. The molecule has 2 bridgehead atoms. The Hall–Kier alpha value is -0.0800. The van der Waals surface area contributed by atoms with E-state index in [1.807, 2.05) is 0 Å². The van der Waals surface area contributed by atoms with Crippen LogP contribution in [0.4, 0.5) is 0 Å². The Bertz CT molecular complexity index is 155. The molecule has 4 unspecified atom stereocenters. The quantitative estimate of drug-likeness (QED) is 0.522. The van der Waals surface area contributed by atoms with Gasteiger partial charge in [-0.3, -0.25) is 0 Å². The van der Waals surface area contributed by atoms with Gasteiger partial charge >= 0.3 is 0 Å². The van der Waals surface area contributed by atoms with E-state index in [1.165, 1.54) is 25.9 Å². The fourth-order valence-electron chi connectivity index (χ4n) is 3.64. The van der Waals surface area contributed by atoms with Crippen LogP contribution in [0.1, 0.15) is 12.8 Å². The van der Waals surface area contributed by atoms with Crippen molar-refractivity contribution in [2.45, 2.75) is 18.9 Å². The monoisotopic (exact) mass is 153 g/mol. The van der Waals surface area contributed by atoms with E-state index in [1.54, 1.807) is 0 Å². The largest absolute Gasteiger partial charge is 0.393 e. The minimum atomic E-state index is 0.0621. The lowest BCUT2D eigenvalue weighted by atomic mass is 9.82. The van der Waals surface area contributed by atoms with E-state index in [-0.39, 0.29) is 6.10 Å². The molecule has 0 amide bonds. The zero-order valence-electron chi connectivity index (χ0n) is 6.66. The van der Waals surface area contributed by atoms with Gasteiger partial charge in [0.2, 0.25) is 0 Å². The summed E-state index contributed by atoms with van der Waals surface area (Å²) in [4.78, 5) is 0. The predicted octanol–water partition coefficient (Wildman–Crippen LogP) is 0.223. The highest BCUT2D eigenvalue weighted by Gasteiger charge is 2.55. The Morgan fingerprint density at radius 2 is 1.45 bits per heavy atom. The van der Waals surface area contributed by atoms with Crippen molar-refractivity contribution in [3.8, 4) is 0 Å². The molecule has 1 heterocycles. The molecule has 62 valence electrons. The summed E-state index contributed by atoms with van der Waals surface area (Å²) in [5.74, 6) is 2.95. The van der Waals surface area contributed by atoms with E-state index < -0.39 is 0 Å². The van der Waals surface area contributed by atoms with Gasteiger partial charge in [0, 0.05) is 0 Å². The standard InChI is InChI=1S/C9H15NO/c11-9-5-1-2-6(9)8-4-10-3-7(5)8/h5-11H,1-4H2. The van der Waals surface area contributed by atoms with E-state index in [9.17, 15) is 5.11 Å². The van der Waals surface area contributed by atoms with Crippen molar-refractivity contribution in [3.63, 3.8) is 0 Å². The maximum Gasteiger partial charge on any atom is 0.0603 e. The molecule has 0 spiro atoms. The summed E-state index contributed by atoms with van der Waals surface area (Å²) in [7, 11) is 0. The normalized spacial score (nSPS) is 60.3. The summed E-state index contributed by atoms with van der Waals surface area (Å²) >= 11 is 0. The van der Waals surface area contributed by atoms with Crippen LogP contribution in [0.5, 0.6) is 0 Å². The second-order valence-corrected chi connectivity index (χ2v) is 4.38. The number of fused-ring (bicyclic) bond motifs is 5. The third kappa shape index (κ3) is 0.651. The fraction of sp³-hybridized carbons (Fsp3) is 1.00. The van der Waals surface area contributed by atoms with Gasteiger partial charge in [-0.25, -0.2) is 0 Å². The van der Waals surface area contributed by atoms with Crippen molar-refractivity contribution in [2.24, 2.45) is 23.7 Å². The first-order valence-corrected chi connectivity index (χ1v) is 4.76. The van der Waals surface area contributed by atoms with Crippen LogP contribution in [-0.4, -0.2) is 24.3 Å². The molecular formula is C9H15NO. The highest BCUT2D eigenvalue weighted by molar-refractivity contribution is 5.06. The van der Waals surface area contributed by atoms with Crippen LogP contribution in [0.15, 0.2) is 0 Å². The van der Waals surface area contributed by atoms with Crippen molar-refractivity contribution in [3.05, 3.63) is 0 Å². The average molecular weight is 153 g/mol. The number of rotatable bonds is 0. The lowest BCUT2D eigenvalue weighted by molar-refractivity contribution is 0.115. The second kappa shape index (κ2) is 1.99. The molecule has 0 aromatic rings. The van der Waals surface area contributed by atoms with Crippen molar-refractivity contribution < 1.29 is 5.11 Å². The van der Waals surface area contributed by atoms with Gasteiger partial charge in [-0.15, -0.1) is 0 Å². The van der Waals surface area contributed by atoms with Crippen LogP contribution in [-0.2, 0) is 0 Å². The summed E-state index contributed by atoms with van der Waals surface area (Å²) in [6.45, 7) is 2.34. The summed E-state index contributed by atoms with van der Waals surface area (Å²) in [5, 5.41) is 13.2. The molecule has 4 atom stereocenters. The molecule has 2 aliphatic carbocycles. The van der Waals surface area contributed by atoms with Gasteiger partial charge < -0.3 is 10.4 Å². The van der Waals surface area contributed by atoms with Crippen LogP contribution in [0.25, 0.3) is 0 Å². The molecule has 11 heavy (non-hydrogen) atoms. The molecule has 2 nitrogen and oxygen atoms in total.